The molecule has 0 bridgehead atoms. The van der Waals surface area contributed by atoms with Crippen LogP contribution in [-0.4, -0.2) is 46.7 Å². The molecule has 1 saturated heterocycles. The Labute approximate surface area is 146 Å². The van der Waals surface area contributed by atoms with Crippen LogP contribution in [0.2, 0.25) is 0 Å². The highest BCUT2D eigenvalue weighted by Crippen LogP contribution is 2.42. The molecule has 3 rings (SSSR count). The average Bonchev–Trinajstić information content (AvgIpc) is 3.41. The van der Waals surface area contributed by atoms with Gasteiger partial charge in [0.05, 0.1) is 19.0 Å². The Kier molecular flexibility index (Phi) is 4.64. The van der Waals surface area contributed by atoms with Crippen molar-refractivity contribution in [1.29, 1.82) is 5.26 Å². The van der Waals surface area contributed by atoms with Gasteiger partial charge in [-0.15, -0.1) is 0 Å². The maximum Gasteiger partial charge on any atom is 0.325 e. The molecule has 1 aliphatic heterocycles. The summed E-state index contributed by atoms with van der Waals surface area (Å²) in [5, 5.41) is 21.5. The van der Waals surface area contributed by atoms with Crippen LogP contribution in [0.15, 0.2) is 24.3 Å². The number of nitriles is 1. The Morgan fingerprint density at radius 3 is 2.68 bits per heavy atom. The van der Waals surface area contributed by atoms with Crippen LogP contribution in [0.25, 0.3) is 0 Å². The summed E-state index contributed by atoms with van der Waals surface area (Å²) in [4.78, 5) is 25.6. The third-order valence-electron chi connectivity index (χ3n) is 4.74. The van der Waals surface area contributed by atoms with E-state index in [1.54, 1.807) is 31.2 Å². The number of carbonyl (C=O) groups excluding carboxylic acids is 2. The first-order valence-electron chi connectivity index (χ1n) is 8.35. The number of hydrogen-bond acceptors (Lipinski definition) is 5. The SMILES string of the molecule is C[C@@]1(C2CC2)NC(=O)N(C[C@H](O)COc2ccc(CC#N)cc2)C1=O. The Morgan fingerprint density at radius 1 is 1.40 bits per heavy atom. The van der Waals surface area contributed by atoms with Gasteiger partial charge in [-0.1, -0.05) is 12.1 Å². The molecule has 1 saturated carbocycles. The summed E-state index contributed by atoms with van der Waals surface area (Å²) in [5.41, 5.74) is 0.0444. The number of rotatable bonds is 7. The number of imide groups is 1. The molecule has 1 aromatic rings. The molecule has 1 heterocycles. The Balaban J connectivity index is 1.52. The minimum Gasteiger partial charge on any atom is -0.491 e. The molecule has 0 radical (unpaired) electrons. The Bertz CT molecular complexity index is 708. The van der Waals surface area contributed by atoms with Gasteiger partial charge in [-0.25, -0.2) is 4.79 Å². The van der Waals surface area contributed by atoms with Crippen LogP contribution < -0.4 is 10.1 Å². The third-order valence-corrected chi connectivity index (χ3v) is 4.74. The predicted molar refractivity (Wildman–Crippen MR) is 88.6 cm³/mol. The molecule has 0 spiro atoms. The first-order chi connectivity index (χ1) is 11.9. The van der Waals surface area contributed by atoms with E-state index in [-0.39, 0.29) is 25.0 Å². The van der Waals surface area contributed by atoms with Gasteiger partial charge in [0.25, 0.3) is 5.91 Å². The number of β-amino-alcohol motifs (C(OH)–C–C–N with tert-alkyl or cyclic N) is 1. The van der Waals surface area contributed by atoms with Crippen molar-refractivity contribution in [3.63, 3.8) is 0 Å². The lowest BCUT2D eigenvalue weighted by Crippen LogP contribution is -2.46. The second-order valence-electron chi connectivity index (χ2n) is 6.77. The summed E-state index contributed by atoms with van der Waals surface area (Å²) in [6.45, 7) is 1.62. The molecule has 2 aliphatic rings. The monoisotopic (exact) mass is 343 g/mol. The number of urea groups is 1. The summed E-state index contributed by atoms with van der Waals surface area (Å²) in [5.74, 6) is 0.468. The van der Waals surface area contributed by atoms with E-state index in [2.05, 4.69) is 11.4 Å². The first-order valence-corrected chi connectivity index (χ1v) is 8.35. The van der Waals surface area contributed by atoms with Gasteiger partial charge in [0.2, 0.25) is 0 Å². The summed E-state index contributed by atoms with van der Waals surface area (Å²) in [6.07, 6.45) is 1.22. The normalized spacial score (nSPS) is 24.0. The molecule has 0 aromatic heterocycles. The smallest absolute Gasteiger partial charge is 0.325 e. The van der Waals surface area contributed by atoms with Gasteiger partial charge in [-0.05, 0) is 43.4 Å². The second kappa shape index (κ2) is 6.73. The quantitative estimate of drug-likeness (QED) is 0.725. The van der Waals surface area contributed by atoms with E-state index in [4.69, 9.17) is 10.00 Å². The van der Waals surface area contributed by atoms with Crippen LogP contribution in [0, 0.1) is 17.2 Å². The van der Waals surface area contributed by atoms with Crippen molar-refractivity contribution in [3.8, 4) is 11.8 Å². The van der Waals surface area contributed by atoms with Crippen LogP contribution in [0.5, 0.6) is 5.75 Å². The number of aliphatic hydroxyl groups is 1. The largest absolute Gasteiger partial charge is 0.491 e. The number of amides is 3. The number of ether oxygens (including phenoxy) is 1. The van der Waals surface area contributed by atoms with E-state index in [1.807, 2.05) is 0 Å². The molecule has 1 aromatic carbocycles. The van der Waals surface area contributed by atoms with E-state index >= 15 is 0 Å². The third kappa shape index (κ3) is 3.59. The molecule has 25 heavy (non-hydrogen) atoms. The minimum atomic E-state index is -0.977. The summed E-state index contributed by atoms with van der Waals surface area (Å²) in [7, 11) is 0. The molecule has 2 fully saturated rings. The van der Waals surface area contributed by atoms with Gasteiger partial charge in [0.15, 0.2) is 0 Å². The number of carbonyl (C=O) groups is 2. The Hall–Kier alpha value is -2.59. The summed E-state index contributed by atoms with van der Waals surface area (Å²) in [6, 6.07) is 8.61. The number of nitrogens with one attached hydrogen (secondary N) is 1. The summed E-state index contributed by atoms with van der Waals surface area (Å²) < 4.78 is 5.49. The van der Waals surface area contributed by atoms with Crippen LogP contribution in [0.4, 0.5) is 4.79 Å². The molecule has 2 atom stereocenters. The number of nitrogens with zero attached hydrogens (tertiary/aromatic N) is 2. The molecule has 2 N–H and O–H groups in total. The van der Waals surface area contributed by atoms with Crippen LogP contribution in [-0.2, 0) is 11.2 Å². The van der Waals surface area contributed by atoms with E-state index in [1.165, 1.54) is 0 Å². The zero-order valence-corrected chi connectivity index (χ0v) is 14.1. The maximum atomic E-state index is 12.5. The zero-order chi connectivity index (χ0) is 18.0. The molecule has 3 amide bonds. The zero-order valence-electron chi connectivity index (χ0n) is 14.1. The standard InChI is InChI=1S/C18H21N3O4/c1-18(13-4-5-13)16(23)21(17(24)20-18)10-14(22)11-25-15-6-2-12(3-7-15)8-9-19/h2-3,6-7,13-14,22H,4-5,8,10-11H2,1H3,(H,20,24)/t14-,18-/m0/s1. The Morgan fingerprint density at radius 2 is 2.08 bits per heavy atom. The van der Waals surface area contributed by atoms with Gasteiger partial charge >= 0.3 is 6.03 Å². The predicted octanol–water partition coefficient (Wildman–Crippen LogP) is 1.21. The molecule has 7 heteroatoms. The van der Waals surface area contributed by atoms with Crippen LogP contribution >= 0.6 is 0 Å². The topological polar surface area (TPSA) is 103 Å². The number of hydrogen-bond donors (Lipinski definition) is 2. The first kappa shape index (κ1) is 17.2. The van der Waals surface area contributed by atoms with Crippen LogP contribution in [0.3, 0.4) is 0 Å². The molecule has 132 valence electrons. The van der Waals surface area contributed by atoms with Crippen molar-refractivity contribution in [3.05, 3.63) is 29.8 Å². The lowest BCUT2D eigenvalue weighted by molar-refractivity contribution is -0.132. The van der Waals surface area contributed by atoms with Gasteiger partial charge in [0.1, 0.15) is 24.0 Å². The van der Waals surface area contributed by atoms with Gasteiger partial charge in [-0.3, -0.25) is 9.69 Å². The van der Waals surface area contributed by atoms with Crippen molar-refractivity contribution in [2.45, 2.75) is 37.8 Å². The average molecular weight is 343 g/mol. The van der Waals surface area contributed by atoms with Crippen molar-refractivity contribution in [2.75, 3.05) is 13.2 Å². The fourth-order valence-corrected chi connectivity index (χ4v) is 3.07. The van der Waals surface area contributed by atoms with E-state index in [9.17, 15) is 14.7 Å². The molecule has 7 nitrogen and oxygen atoms in total. The van der Waals surface area contributed by atoms with Crippen molar-refractivity contribution < 1.29 is 19.4 Å². The summed E-state index contributed by atoms with van der Waals surface area (Å²) >= 11 is 0. The highest BCUT2D eigenvalue weighted by Gasteiger charge is 2.56. The molecule has 0 unspecified atom stereocenters. The van der Waals surface area contributed by atoms with Gasteiger partial charge < -0.3 is 15.2 Å². The fourth-order valence-electron chi connectivity index (χ4n) is 3.07. The maximum absolute atomic E-state index is 12.5. The van der Waals surface area contributed by atoms with E-state index < -0.39 is 17.7 Å². The fraction of sp³-hybridized carbons (Fsp3) is 0.500. The van der Waals surface area contributed by atoms with Crippen molar-refractivity contribution >= 4 is 11.9 Å². The van der Waals surface area contributed by atoms with E-state index in [0.29, 0.717) is 12.2 Å². The molecule has 1 aliphatic carbocycles. The minimum absolute atomic E-state index is 0.0329. The van der Waals surface area contributed by atoms with Crippen molar-refractivity contribution in [2.24, 2.45) is 5.92 Å². The van der Waals surface area contributed by atoms with Gasteiger partial charge in [0, 0.05) is 0 Å². The number of aliphatic hydroxyl groups excluding tert-OH is 1. The second-order valence-corrected chi connectivity index (χ2v) is 6.77. The molecular formula is C18H21N3O4. The number of benzene rings is 1. The lowest BCUT2D eigenvalue weighted by atomic mass is 9.96. The van der Waals surface area contributed by atoms with Crippen molar-refractivity contribution in [1.82, 2.24) is 10.2 Å². The highest BCUT2D eigenvalue weighted by molar-refractivity contribution is 6.07. The highest BCUT2D eigenvalue weighted by atomic mass is 16.5. The van der Waals surface area contributed by atoms with Gasteiger partial charge in [-0.2, -0.15) is 5.26 Å². The lowest BCUT2D eigenvalue weighted by Gasteiger charge is -2.22. The van der Waals surface area contributed by atoms with Crippen LogP contribution in [0.1, 0.15) is 25.3 Å². The molecular weight excluding hydrogens is 322 g/mol. The van der Waals surface area contributed by atoms with E-state index in [0.717, 1.165) is 23.3 Å².